The lowest BCUT2D eigenvalue weighted by atomic mass is 9.47. The van der Waals surface area contributed by atoms with E-state index in [2.05, 4.69) is 0 Å². The highest BCUT2D eigenvalue weighted by Gasteiger charge is 2.63. The van der Waals surface area contributed by atoms with Crippen LogP contribution in [0.2, 0.25) is 0 Å². The fraction of sp³-hybridized carbons (Fsp3) is 0.933. The highest BCUT2D eigenvalue weighted by atomic mass is 19.3. The summed E-state index contributed by atoms with van der Waals surface area (Å²) in [6.45, 7) is 2.48. The van der Waals surface area contributed by atoms with Gasteiger partial charge in [-0.05, 0) is 44.4 Å². The normalized spacial score (nSPS) is 46.5. The van der Waals surface area contributed by atoms with E-state index in [-0.39, 0.29) is 11.8 Å². The maximum absolute atomic E-state index is 13.2. The fourth-order valence-electron chi connectivity index (χ4n) is 5.10. The number of ether oxygens (including phenoxy) is 1. The zero-order valence-electron chi connectivity index (χ0n) is 12.0. The van der Waals surface area contributed by atoms with Crippen LogP contribution in [0.4, 0.5) is 8.78 Å². The molecule has 0 aromatic carbocycles. The molecular formula is C15H22F2O3. The van der Waals surface area contributed by atoms with Gasteiger partial charge in [-0.2, -0.15) is 8.78 Å². The molecule has 4 saturated carbocycles. The maximum atomic E-state index is 13.2. The molecule has 0 radical (unpaired) electrons. The highest BCUT2D eigenvalue weighted by molar-refractivity contribution is 5.77. The number of hydrogen-bond acceptors (Lipinski definition) is 3. The van der Waals surface area contributed by atoms with Gasteiger partial charge in [-0.15, -0.1) is 0 Å². The molecule has 4 rings (SSSR count). The number of esters is 1. The number of hydrogen-bond donors (Lipinski definition) is 1. The van der Waals surface area contributed by atoms with Gasteiger partial charge in [0.2, 0.25) is 0 Å². The van der Waals surface area contributed by atoms with E-state index in [0.29, 0.717) is 32.1 Å². The molecule has 5 heteroatoms. The van der Waals surface area contributed by atoms with Gasteiger partial charge in [-0.1, -0.05) is 6.92 Å². The van der Waals surface area contributed by atoms with Crippen LogP contribution >= 0.6 is 0 Å². The van der Waals surface area contributed by atoms with Crippen molar-refractivity contribution in [3.8, 4) is 0 Å². The van der Waals surface area contributed by atoms with Gasteiger partial charge < -0.3 is 9.84 Å². The summed E-state index contributed by atoms with van der Waals surface area (Å²) in [4.78, 5) is 11.7. The molecule has 0 heterocycles. The lowest BCUT2D eigenvalue weighted by Gasteiger charge is -2.62. The van der Waals surface area contributed by atoms with E-state index in [1.54, 1.807) is 0 Å². The summed E-state index contributed by atoms with van der Waals surface area (Å²) in [6.07, 6.45) is 4.29. The highest BCUT2D eigenvalue weighted by Crippen LogP contribution is 2.62. The van der Waals surface area contributed by atoms with Crippen LogP contribution in [-0.2, 0) is 9.53 Å². The van der Waals surface area contributed by atoms with E-state index >= 15 is 0 Å². The van der Waals surface area contributed by atoms with Gasteiger partial charge in [0.25, 0.3) is 0 Å². The molecule has 4 aliphatic rings. The van der Waals surface area contributed by atoms with Crippen molar-refractivity contribution >= 4 is 5.97 Å². The van der Waals surface area contributed by atoms with Crippen molar-refractivity contribution in [1.29, 1.82) is 0 Å². The van der Waals surface area contributed by atoms with Gasteiger partial charge in [0.15, 0.2) is 0 Å². The van der Waals surface area contributed by atoms with Crippen molar-refractivity contribution in [2.45, 2.75) is 69.5 Å². The summed E-state index contributed by atoms with van der Waals surface area (Å²) in [5.74, 6) is -4.37. The average molecular weight is 288 g/mol. The third kappa shape index (κ3) is 1.97. The summed E-state index contributed by atoms with van der Waals surface area (Å²) in [5, 5.41) is 10.5. The van der Waals surface area contributed by atoms with Gasteiger partial charge in [0.05, 0.1) is 5.60 Å². The van der Waals surface area contributed by atoms with Gasteiger partial charge >= 0.3 is 11.9 Å². The number of rotatable bonds is 3. The fourth-order valence-corrected chi connectivity index (χ4v) is 5.10. The van der Waals surface area contributed by atoms with Crippen LogP contribution in [0.5, 0.6) is 0 Å². The largest absolute Gasteiger partial charge is 0.454 e. The number of aliphatic hydroxyl groups is 1. The zero-order valence-corrected chi connectivity index (χ0v) is 12.0. The van der Waals surface area contributed by atoms with Crippen LogP contribution in [0.1, 0.15) is 52.4 Å². The van der Waals surface area contributed by atoms with Gasteiger partial charge in [-0.3, -0.25) is 0 Å². The Morgan fingerprint density at radius 2 is 1.85 bits per heavy atom. The van der Waals surface area contributed by atoms with E-state index in [1.807, 2.05) is 6.92 Å². The van der Waals surface area contributed by atoms with Gasteiger partial charge in [0.1, 0.15) is 5.60 Å². The van der Waals surface area contributed by atoms with Crippen LogP contribution in [0, 0.1) is 17.8 Å². The molecule has 0 aromatic heterocycles. The first-order valence-electron chi connectivity index (χ1n) is 7.52. The van der Waals surface area contributed by atoms with Crippen molar-refractivity contribution in [2.75, 3.05) is 0 Å². The Kier molecular flexibility index (Phi) is 2.96. The second kappa shape index (κ2) is 4.15. The van der Waals surface area contributed by atoms with Crippen LogP contribution in [0.15, 0.2) is 0 Å². The first kappa shape index (κ1) is 14.2. The number of carbonyl (C=O) groups is 1. The molecule has 3 nitrogen and oxygen atoms in total. The molecule has 4 bridgehead atoms. The maximum Gasteiger partial charge on any atom is 0.377 e. The molecule has 0 spiro atoms. The minimum absolute atomic E-state index is 0.0232. The number of halogens is 2. The zero-order chi connectivity index (χ0) is 14.8. The predicted octanol–water partition coefficient (Wildman–Crippen LogP) is 2.90. The summed E-state index contributed by atoms with van der Waals surface area (Å²) in [7, 11) is 0. The van der Waals surface area contributed by atoms with Crippen LogP contribution in [0.25, 0.3) is 0 Å². The van der Waals surface area contributed by atoms with Gasteiger partial charge in [-0.25, -0.2) is 4.79 Å². The Balaban J connectivity index is 1.88. The van der Waals surface area contributed by atoms with E-state index in [0.717, 1.165) is 19.3 Å². The Labute approximate surface area is 117 Å². The van der Waals surface area contributed by atoms with E-state index in [1.165, 1.54) is 0 Å². The molecule has 114 valence electrons. The topological polar surface area (TPSA) is 46.5 Å². The first-order valence-corrected chi connectivity index (χ1v) is 7.52. The minimum Gasteiger partial charge on any atom is -0.454 e. The molecule has 0 aromatic rings. The molecule has 2 atom stereocenters. The molecule has 0 aliphatic heterocycles. The molecule has 20 heavy (non-hydrogen) atoms. The smallest absolute Gasteiger partial charge is 0.377 e. The van der Waals surface area contributed by atoms with Crippen molar-refractivity contribution in [1.82, 2.24) is 0 Å². The van der Waals surface area contributed by atoms with Crippen LogP contribution in [-0.4, -0.2) is 28.2 Å². The Hall–Kier alpha value is -0.710. The van der Waals surface area contributed by atoms with E-state index in [4.69, 9.17) is 4.74 Å². The minimum atomic E-state index is -3.45. The first-order chi connectivity index (χ1) is 9.18. The van der Waals surface area contributed by atoms with Crippen molar-refractivity contribution < 1.29 is 23.4 Å². The third-order valence-corrected chi connectivity index (χ3v) is 5.73. The standard InChI is InChI=1S/C15H22F2O3/c1-3-15(20-12(18)13(2,16)17)10-4-9-5-11(15)8-14(19,6-9)7-10/h9-11,19H,3-8H2,1-2H3. The molecule has 1 N–H and O–H groups in total. The molecular weight excluding hydrogens is 266 g/mol. The average Bonchev–Trinajstić information content (AvgIpc) is 2.30. The molecule has 0 amide bonds. The molecule has 2 unspecified atom stereocenters. The lowest BCUT2D eigenvalue weighted by molar-refractivity contribution is -0.252. The quantitative estimate of drug-likeness (QED) is 0.812. The molecule has 0 saturated heterocycles. The number of carbonyl (C=O) groups excluding carboxylic acids is 1. The monoisotopic (exact) mass is 288 g/mol. The van der Waals surface area contributed by atoms with E-state index < -0.39 is 23.1 Å². The second-order valence-corrected chi connectivity index (χ2v) is 7.15. The molecule has 4 fully saturated rings. The van der Waals surface area contributed by atoms with Crippen LogP contribution < -0.4 is 0 Å². The van der Waals surface area contributed by atoms with Crippen molar-refractivity contribution in [3.63, 3.8) is 0 Å². The molecule has 4 aliphatic carbocycles. The summed E-state index contributed by atoms with van der Waals surface area (Å²) < 4.78 is 31.8. The summed E-state index contributed by atoms with van der Waals surface area (Å²) in [6, 6.07) is 0. The third-order valence-electron chi connectivity index (χ3n) is 5.73. The van der Waals surface area contributed by atoms with Crippen molar-refractivity contribution in [2.24, 2.45) is 17.8 Å². The summed E-state index contributed by atoms with van der Waals surface area (Å²) in [5.41, 5.74) is -1.45. The van der Waals surface area contributed by atoms with E-state index in [9.17, 15) is 18.7 Å². The Bertz CT molecular complexity index is 413. The lowest BCUT2D eigenvalue weighted by Crippen LogP contribution is -2.65. The predicted molar refractivity (Wildman–Crippen MR) is 68.2 cm³/mol. The summed E-state index contributed by atoms with van der Waals surface area (Å²) >= 11 is 0. The SMILES string of the molecule is CCC1(OC(=O)C(C)(F)F)C2CC3CC1CC(O)(C3)C2. The van der Waals surface area contributed by atoms with Crippen LogP contribution in [0.3, 0.4) is 0 Å². The van der Waals surface area contributed by atoms with Crippen molar-refractivity contribution in [3.05, 3.63) is 0 Å². The Morgan fingerprint density at radius 1 is 1.30 bits per heavy atom. The Morgan fingerprint density at radius 3 is 2.25 bits per heavy atom. The number of alkyl halides is 2. The second-order valence-electron chi connectivity index (χ2n) is 7.15. The van der Waals surface area contributed by atoms with Gasteiger partial charge in [0, 0.05) is 18.8 Å².